The minimum absolute atomic E-state index is 0.0454. The Morgan fingerprint density at radius 2 is 1.44 bits per heavy atom. The third kappa shape index (κ3) is 9.00. The Kier molecular flexibility index (Phi) is 12.1. The summed E-state index contributed by atoms with van der Waals surface area (Å²) in [5, 5.41) is 0. The normalized spacial score (nSPS) is 18.3. The summed E-state index contributed by atoms with van der Waals surface area (Å²) in [6, 6.07) is 2.31. The molecule has 0 radical (unpaired) electrons. The molecule has 1 unspecified atom stereocenters. The third-order valence-corrected chi connectivity index (χ3v) is 6.66. The van der Waals surface area contributed by atoms with Crippen LogP contribution in [0.3, 0.4) is 0 Å². The minimum Gasteiger partial charge on any atom is -0.487 e. The predicted octanol–water partition coefficient (Wildman–Crippen LogP) is 9.92. The van der Waals surface area contributed by atoms with Gasteiger partial charge in [0.25, 0.3) is 0 Å². The van der Waals surface area contributed by atoms with Crippen LogP contribution >= 0.6 is 0 Å². The van der Waals surface area contributed by atoms with Gasteiger partial charge in [-0.2, -0.15) is 0 Å². The molecule has 32 heavy (non-hydrogen) atoms. The highest BCUT2D eigenvalue weighted by atomic mass is 16.5. The van der Waals surface area contributed by atoms with E-state index in [2.05, 4.69) is 79.7 Å². The fourth-order valence-electron chi connectivity index (χ4n) is 4.38. The summed E-state index contributed by atoms with van der Waals surface area (Å²) in [6.07, 6.45) is 16.3. The van der Waals surface area contributed by atoms with Crippen molar-refractivity contribution in [1.29, 1.82) is 0 Å². The maximum atomic E-state index is 6.62. The van der Waals surface area contributed by atoms with Gasteiger partial charge < -0.3 is 4.74 Å². The molecule has 1 heterocycles. The number of allylic oxidation sites excluding steroid dienone is 6. The van der Waals surface area contributed by atoms with Gasteiger partial charge in [0.05, 0.1) is 0 Å². The Labute approximate surface area is 200 Å². The second-order valence-corrected chi connectivity index (χ2v) is 9.99. The molecular weight excluding hydrogens is 388 g/mol. The van der Waals surface area contributed by atoms with Crippen molar-refractivity contribution in [1.82, 2.24) is 0 Å². The van der Waals surface area contributed by atoms with Crippen LogP contribution in [0.5, 0.6) is 5.75 Å². The van der Waals surface area contributed by atoms with Gasteiger partial charge in [0, 0.05) is 0 Å². The smallest absolute Gasteiger partial charge is 0.126 e. The molecule has 2 rings (SSSR count). The Morgan fingerprint density at radius 1 is 0.875 bits per heavy atom. The minimum atomic E-state index is -0.0454. The largest absolute Gasteiger partial charge is 0.487 e. The molecule has 1 atom stereocenters. The van der Waals surface area contributed by atoms with Gasteiger partial charge in [0.2, 0.25) is 0 Å². The monoisotopic (exact) mass is 438 g/mol. The summed E-state index contributed by atoms with van der Waals surface area (Å²) in [6.45, 7) is 21.8. The lowest BCUT2D eigenvalue weighted by atomic mass is 9.85. The van der Waals surface area contributed by atoms with Gasteiger partial charge in [0.1, 0.15) is 11.4 Å². The maximum Gasteiger partial charge on any atom is 0.126 e. The van der Waals surface area contributed by atoms with Crippen LogP contribution in [0.25, 0.3) is 0 Å². The number of benzene rings is 1. The topological polar surface area (TPSA) is 9.23 Å². The Balaban J connectivity index is 0.00000249. The second-order valence-electron chi connectivity index (χ2n) is 9.99. The first kappa shape index (κ1) is 28.3. The lowest BCUT2D eigenvalue weighted by molar-refractivity contribution is 0.0560. The lowest BCUT2D eigenvalue weighted by Crippen LogP contribution is -2.36. The van der Waals surface area contributed by atoms with Crippen LogP contribution in [0.1, 0.15) is 116 Å². The number of hydrogen-bond donors (Lipinski definition) is 0. The standard InChI is InChI=1S/C29H44O.C2H6/c1-21(2)12-9-13-22(3)14-10-15-23(4)16-11-18-29(8)19-17-27-25(6)20-24(5)26(7)28(27)30-29;1-2/h12,14,16,20H,9-11,13,15,17-19H2,1-8H3;1-2H3/b22-14+,23-16+;. The van der Waals surface area contributed by atoms with Crippen molar-refractivity contribution in [3.63, 3.8) is 0 Å². The van der Waals surface area contributed by atoms with Crippen molar-refractivity contribution < 1.29 is 4.74 Å². The molecule has 1 nitrogen and oxygen atoms in total. The first-order chi connectivity index (χ1) is 15.1. The maximum absolute atomic E-state index is 6.62. The second kappa shape index (κ2) is 13.7. The zero-order chi connectivity index (χ0) is 24.3. The van der Waals surface area contributed by atoms with E-state index in [0.717, 1.165) is 44.3 Å². The van der Waals surface area contributed by atoms with Crippen molar-refractivity contribution in [2.45, 2.75) is 126 Å². The fourth-order valence-corrected chi connectivity index (χ4v) is 4.38. The molecule has 0 aromatic heterocycles. The quantitative estimate of drug-likeness (QED) is 0.348. The third-order valence-electron chi connectivity index (χ3n) is 6.66. The van der Waals surface area contributed by atoms with Crippen LogP contribution in [-0.2, 0) is 6.42 Å². The summed E-state index contributed by atoms with van der Waals surface area (Å²) >= 11 is 0. The van der Waals surface area contributed by atoms with E-state index < -0.39 is 0 Å². The van der Waals surface area contributed by atoms with Crippen LogP contribution < -0.4 is 4.74 Å². The van der Waals surface area contributed by atoms with E-state index in [0.29, 0.717) is 0 Å². The van der Waals surface area contributed by atoms with Crippen molar-refractivity contribution in [2.75, 3.05) is 0 Å². The van der Waals surface area contributed by atoms with E-state index in [1.807, 2.05) is 13.8 Å². The molecule has 0 N–H and O–H groups in total. The van der Waals surface area contributed by atoms with Gasteiger partial charge in [0.15, 0.2) is 0 Å². The first-order valence-corrected chi connectivity index (χ1v) is 12.8. The van der Waals surface area contributed by atoms with Crippen LogP contribution in [0.2, 0.25) is 0 Å². The summed E-state index contributed by atoms with van der Waals surface area (Å²) < 4.78 is 6.62. The molecule has 1 aliphatic heterocycles. The van der Waals surface area contributed by atoms with E-state index in [9.17, 15) is 0 Å². The van der Waals surface area contributed by atoms with Gasteiger partial charge >= 0.3 is 0 Å². The summed E-state index contributed by atoms with van der Waals surface area (Å²) in [7, 11) is 0. The number of hydrogen-bond acceptors (Lipinski definition) is 1. The number of rotatable bonds is 9. The molecule has 0 bridgehead atoms. The zero-order valence-electron chi connectivity index (χ0n) is 22.9. The number of fused-ring (bicyclic) bond motifs is 1. The molecule has 1 aromatic rings. The van der Waals surface area contributed by atoms with Crippen molar-refractivity contribution in [2.24, 2.45) is 0 Å². The van der Waals surface area contributed by atoms with Crippen molar-refractivity contribution in [3.05, 3.63) is 63.3 Å². The number of ether oxygens (including phenoxy) is 1. The Bertz CT molecular complexity index is 817. The highest BCUT2D eigenvalue weighted by Crippen LogP contribution is 2.40. The molecule has 180 valence electrons. The highest BCUT2D eigenvalue weighted by Gasteiger charge is 2.32. The van der Waals surface area contributed by atoms with Gasteiger partial charge in [-0.05, 0) is 129 Å². The van der Waals surface area contributed by atoms with Gasteiger partial charge in [-0.3, -0.25) is 0 Å². The van der Waals surface area contributed by atoms with Gasteiger partial charge in [-0.1, -0.05) is 54.9 Å². The van der Waals surface area contributed by atoms with Crippen LogP contribution in [0, 0.1) is 20.8 Å². The zero-order valence-corrected chi connectivity index (χ0v) is 22.9. The SMILES string of the molecule is CC.CC(C)=CCC/C(C)=C/CC/C(C)=C/CCC1(C)CCc2c(C)cc(C)c(C)c2O1. The van der Waals surface area contributed by atoms with E-state index >= 15 is 0 Å². The summed E-state index contributed by atoms with van der Waals surface area (Å²) in [5.41, 5.74) is 9.87. The Hall–Kier alpha value is -1.76. The Morgan fingerprint density at radius 3 is 2.03 bits per heavy atom. The van der Waals surface area contributed by atoms with E-state index in [4.69, 9.17) is 4.74 Å². The molecular formula is C31H50O. The van der Waals surface area contributed by atoms with E-state index in [1.54, 1.807) is 0 Å². The lowest BCUT2D eigenvalue weighted by Gasteiger charge is -2.37. The summed E-state index contributed by atoms with van der Waals surface area (Å²) in [4.78, 5) is 0. The van der Waals surface area contributed by atoms with Gasteiger partial charge in [-0.25, -0.2) is 0 Å². The van der Waals surface area contributed by atoms with E-state index in [-0.39, 0.29) is 5.60 Å². The molecule has 0 fully saturated rings. The summed E-state index contributed by atoms with van der Waals surface area (Å²) in [5.74, 6) is 1.16. The van der Waals surface area contributed by atoms with Crippen molar-refractivity contribution >= 4 is 0 Å². The average Bonchev–Trinajstić information content (AvgIpc) is 2.73. The molecule has 0 amide bonds. The highest BCUT2D eigenvalue weighted by molar-refractivity contribution is 5.51. The fraction of sp³-hybridized carbons (Fsp3) is 0.613. The molecule has 0 saturated carbocycles. The van der Waals surface area contributed by atoms with Crippen LogP contribution in [0.4, 0.5) is 0 Å². The van der Waals surface area contributed by atoms with Gasteiger partial charge in [-0.15, -0.1) is 0 Å². The first-order valence-electron chi connectivity index (χ1n) is 12.8. The van der Waals surface area contributed by atoms with Crippen molar-refractivity contribution in [3.8, 4) is 5.75 Å². The molecule has 0 aliphatic carbocycles. The molecule has 1 aromatic carbocycles. The molecule has 0 saturated heterocycles. The molecule has 1 aliphatic rings. The molecule has 1 heteroatoms. The van der Waals surface area contributed by atoms with Crippen LogP contribution in [-0.4, -0.2) is 5.60 Å². The number of aryl methyl sites for hydroxylation is 2. The van der Waals surface area contributed by atoms with E-state index in [1.165, 1.54) is 51.8 Å². The van der Waals surface area contributed by atoms with Crippen LogP contribution in [0.15, 0.2) is 41.0 Å². The predicted molar refractivity (Wildman–Crippen MR) is 144 cm³/mol. The molecule has 0 spiro atoms. The average molecular weight is 439 g/mol.